The molecule has 0 unspecified atom stereocenters. The van der Waals surface area contributed by atoms with Crippen LogP contribution in [0.25, 0.3) is 0 Å². The van der Waals surface area contributed by atoms with Crippen LogP contribution < -0.4 is 0 Å². The molecule has 0 atom stereocenters. The van der Waals surface area contributed by atoms with Gasteiger partial charge in [0.15, 0.2) is 0 Å². The van der Waals surface area contributed by atoms with Crippen molar-refractivity contribution in [3.8, 4) is 0 Å². The van der Waals surface area contributed by atoms with Crippen LogP contribution in [-0.4, -0.2) is 95.5 Å². The van der Waals surface area contributed by atoms with Gasteiger partial charge < -0.3 is 33.5 Å². The topological polar surface area (TPSA) is 127 Å². The molecule has 0 radical (unpaired) electrons. The smallest absolute Gasteiger partial charge is 0.372 e. The van der Waals surface area contributed by atoms with Crippen LogP contribution in [0.2, 0.25) is 0 Å². The summed E-state index contributed by atoms with van der Waals surface area (Å²) in [6.45, 7) is 7.16. The number of ketones is 1. The third-order valence-corrected chi connectivity index (χ3v) is 6.42. The molecule has 10 nitrogen and oxygen atoms in total. The Balaban J connectivity index is 3.12. The first-order valence-corrected chi connectivity index (χ1v) is 15.9. The second kappa shape index (κ2) is 32.9. The van der Waals surface area contributed by atoms with Crippen molar-refractivity contribution in [1.29, 1.82) is 0 Å². The predicted octanol–water partition coefficient (Wildman–Crippen LogP) is 5.53. The van der Waals surface area contributed by atoms with Crippen molar-refractivity contribution in [2.24, 2.45) is 0 Å². The summed E-state index contributed by atoms with van der Waals surface area (Å²) < 4.78 is 32.1. The summed E-state index contributed by atoms with van der Waals surface area (Å²) in [5, 5.41) is 8.44. The minimum absolute atomic E-state index is 0.0354. The van der Waals surface area contributed by atoms with Crippen molar-refractivity contribution in [2.75, 3.05) is 72.7 Å². The lowest BCUT2D eigenvalue weighted by atomic mass is 10.0. The first-order valence-electron chi connectivity index (χ1n) is 15.9. The largest absolute Gasteiger partial charge is 0.476 e. The van der Waals surface area contributed by atoms with Gasteiger partial charge in [-0.25, -0.2) is 4.79 Å². The number of carbonyl (C=O) groups excluding carboxylic acids is 2. The summed E-state index contributed by atoms with van der Waals surface area (Å²) in [7, 11) is 0. The van der Waals surface area contributed by atoms with Gasteiger partial charge in [-0.15, -0.1) is 0 Å². The molecule has 0 saturated carbocycles. The van der Waals surface area contributed by atoms with E-state index in [1.165, 1.54) is 83.5 Å². The lowest BCUT2D eigenvalue weighted by Crippen LogP contribution is -2.17. The minimum Gasteiger partial charge on any atom is -0.476 e. The van der Waals surface area contributed by atoms with E-state index < -0.39 is 17.7 Å². The zero-order chi connectivity index (χ0) is 30.1. The number of hydrogen-bond acceptors (Lipinski definition) is 9. The van der Waals surface area contributed by atoms with Gasteiger partial charge in [0, 0.05) is 13.0 Å². The Morgan fingerprint density at radius 1 is 0.439 bits per heavy atom. The fourth-order valence-electron chi connectivity index (χ4n) is 3.99. The number of aliphatic carboxylic acids is 1. The van der Waals surface area contributed by atoms with Gasteiger partial charge >= 0.3 is 11.9 Å². The number of carboxylic acid groups (broad SMARTS) is 1. The normalized spacial score (nSPS) is 11.1. The van der Waals surface area contributed by atoms with E-state index in [1.807, 2.05) is 0 Å². The lowest BCUT2D eigenvalue weighted by molar-refractivity contribution is -0.151. The Kier molecular flexibility index (Phi) is 31.6. The van der Waals surface area contributed by atoms with E-state index in [2.05, 4.69) is 6.92 Å². The fraction of sp³-hybridized carbons (Fsp3) is 0.903. The molecule has 0 aromatic heterocycles. The highest BCUT2D eigenvalue weighted by molar-refractivity contribution is 6.32. The maximum atomic E-state index is 11.4. The van der Waals surface area contributed by atoms with Crippen LogP contribution in [0, 0.1) is 0 Å². The van der Waals surface area contributed by atoms with Crippen LogP contribution in [-0.2, 0) is 42.8 Å². The molecule has 0 saturated heterocycles. The highest BCUT2D eigenvalue weighted by Gasteiger charge is 2.14. The molecule has 242 valence electrons. The van der Waals surface area contributed by atoms with E-state index in [4.69, 9.17) is 33.5 Å². The standard InChI is InChI=1S/C31H58O10/c1-2-3-4-5-6-7-8-9-10-11-12-13-14-15-18-36-19-20-37-21-22-38-23-24-39-25-26-40-27-28-41-30(33)17-16-29(32)31(34)35/h2-28H2,1H3,(H,34,35). The minimum atomic E-state index is -1.55. The molecule has 10 heteroatoms. The van der Waals surface area contributed by atoms with Gasteiger partial charge in [-0.2, -0.15) is 0 Å². The molecule has 0 rings (SSSR count). The van der Waals surface area contributed by atoms with E-state index in [9.17, 15) is 14.4 Å². The monoisotopic (exact) mass is 590 g/mol. The first kappa shape index (κ1) is 39.4. The van der Waals surface area contributed by atoms with Crippen LogP contribution in [0.5, 0.6) is 0 Å². The fourth-order valence-corrected chi connectivity index (χ4v) is 3.99. The molecule has 0 aromatic rings. The molecule has 0 amide bonds. The SMILES string of the molecule is CCCCCCCCCCCCCCCCOCCOCCOCCOCCOCCOC(=O)CCC(=O)C(=O)O. The van der Waals surface area contributed by atoms with Crippen LogP contribution >= 0.6 is 0 Å². The zero-order valence-electron chi connectivity index (χ0n) is 25.7. The Hall–Kier alpha value is -1.59. The molecule has 0 aliphatic carbocycles. The number of carboxylic acids is 1. The summed E-state index contributed by atoms with van der Waals surface area (Å²) in [5.41, 5.74) is 0. The number of ether oxygens (including phenoxy) is 6. The molecular weight excluding hydrogens is 532 g/mol. The van der Waals surface area contributed by atoms with Gasteiger partial charge in [0.2, 0.25) is 5.78 Å². The van der Waals surface area contributed by atoms with Gasteiger partial charge in [0.25, 0.3) is 0 Å². The molecule has 1 N–H and O–H groups in total. The molecule has 0 aromatic carbocycles. The number of rotatable bonds is 34. The Morgan fingerprint density at radius 3 is 1.17 bits per heavy atom. The predicted molar refractivity (Wildman–Crippen MR) is 157 cm³/mol. The number of hydrogen-bond donors (Lipinski definition) is 1. The number of carbonyl (C=O) groups is 3. The van der Waals surface area contributed by atoms with Gasteiger partial charge in [0.05, 0.1) is 65.9 Å². The Morgan fingerprint density at radius 2 is 0.780 bits per heavy atom. The van der Waals surface area contributed by atoms with E-state index in [1.54, 1.807) is 0 Å². The molecule has 0 heterocycles. The van der Waals surface area contributed by atoms with Crippen LogP contribution in [0.4, 0.5) is 0 Å². The van der Waals surface area contributed by atoms with Crippen molar-refractivity contribution in [1.82, 2.24) is 0 Å². The molecule has 0 bridgehead atoms. The summed E-state index contributed by atoms with van der Waals surface area (Å²) in [4.78, 5) is 32.6. The maximum Gasteiger partial charge on any atom is 0.372 e. The van der Waals surface area contributed by atoms with Crippen LogP contribution in [0.3, 0.4) is 0 Å². The van der Waals surface area contributed by atoms with E-state index >= 15 is 0 Å². The highest BCUT2D eigenvalue weighted by Crippen LogP contribution is 2.13. The summed E-state index contributed by atoms with van der Waals surface area (Å²) in [6, 6.07) is 0. The number of unbranched alkanes of at least 4 members (excludes halogenated alkanes) is 13. The molecule has 0 fully saturated rings. The third kappa shape index (κ3) is 32.8. The average Bonchev–Trinajstić information content (AvgIpc) is 2.96. The molecule has 41 heavy (non-hydrogen) atoms. The van der Waals surface area contributed by atoms with Crippen molar-refractivity contribution in [3.05, 3.63) is 0 Å². The second-order valence-corrected chi connectivity index (χ2v) is 10.1. The summed E-state index contributed by atoms with van der Waals surface area (Å²) >= 11 is 0. The Labute approximate surface area is 248 Å². The summed E-state index contributed by atoms with van der Waals surface area (Å²) in [5.74, 6) is -3.19. The average molecular weight is 591 g/mol. The quantitative estimate of drug-likeness (QED) is 0.0581. The molecular formula is C31H58O10. The number of esters is 1. The van der Waals surface area contributed by atoms with Crippen molar-refractivity contribution in [3.63, 3.8) is 0 Å². The molecule has 0 spiro atoms. The second-order valence-electron chi connectivity index (χ2n) is 10.1. The number of Topliss-reactive ketones (excluding diaryl/α,β-unsaturated/α-hetero) is 1. The van der Waals surface area contributed by atoms with Crippen LogP contribution in [0.1, 0.15) is 110 Å². The van der Waals surface area contributed by atoms with Crippen molar-refractivity contribution < 1.29 is 47.9 Å². The first-order chi connectivity index (χ1) is 20.1. The van der Waals surface area contributed by atoms with Gasteiger partial charge in [-0.3, -0.25) is 9.59 Å². The van der Waals surface area contributed by atoms with Crippen molar-refractivity contribution >= 4 is 17.7 Å². The van der Waals surface area contributed by atoms with Gasteiger partial charge in [0.1, 0.15) is 6.61 Å². The van der Waals surface area contributed by atoms with Gasteiger partial charge in [-0.05, 0) is 6.42 Å². The third-order valence-electron chi connectivity index (χ3n) is 6.42. The maximum absolute atomic E-state index is 11.4. The molecule has 0 aliphatic heterocycles. The molecule has 0 aliphatic rings. The Bertz CT molecular complexity index is 599. The highest BCUT2D eigenvalue weighted by atomic mass is 16.6. The van der Waals surface area contributed by atoms with Gasteiger partial charge in [-0.1, -0.05) is 90.4 Å². The summed E-state index contributed by atoms with van der Waals surface area (Å²) in [6.07, 6.45) is 18.4. The zero-order valence-corrected chi connectivity index (χ0v) is 25.7. The van der Waals surface area contributed by atoms with Crippen LogP contribution in [0.15, 0.2) is 0 Å². The van der Waals surface area contributed by atoms with E-state index in [0.29, 0.717) is 52.9 Å². The lowest BCUT2D eigenvalue weighted by Gasteiger charge is -2.08. The van der Waals surface area contributed by atoms with Crippen molar-refractivity contribution in [2.45, 2.75) is 110 Å². The van der Waals surface area contributed by atoms with E-state index in [-0.39, 0.29) is 26.1 Å². The van der Waals surface area contributed by atoms with E-state index in [0.717, 1.165) is 13.0 Å².